The number of benzene rings is 1. The molecule has 1 fully saturated rings. The van der Waals surface area contributed by atoms with Crippen LogP contribution in [-0.2, 0) is 11.3 Å². The molecule has 1 aromatic carbocycles. The maximum absolute atomic E-state index is 12.8. The molecule has 128 valence electrons. The Bertz CT molecular complexity index is 701. The van der Waals surface area contributed by atoms with E-state index in [4.69, 9.17) is 4.74 Å². The van der Waals surface area contributed by atoms with E-state index in [1.165, 1.54) is 4.90 Å². The SMILES string of the molecule is O=C(c1cccc(Cn2cccn2)c1)N1CCO[C@H](C(F)(F)F)C1. The summed E-state index contributed by atoms with van der Waals surface area (Å²) in [5.74, 6) is -0.421. The van der Waals surface area contributed by atoms with Crippen LogP contribution in [0.3, 0.4) is 0 Å². The van der Waals surface area contributed by atoms with Gasteiger partial charge in [-0.15, -0.1) is 0 Å². The van der Waals surface area contributed by atoms with Crippen molar-refractivity contribution in [1.82, 2.24) is 14.7 Å². The van der Waals surface area contributed by atoms with Crippen LogP contribution in [0.2, 0.25) is 0 Å². The summed E-state index contributed by atoms with van der Waals surface area (Å²) in [5.41, 5.74) is 1.22. The fraction of sp³-hybridized carbons (Fsp3) is 0.375. The Morgan fingerprint density at radius 1 is 1.33 bits per heavy atom. The lowest BCUT2D eigenvalue weighted by Crippen LogP contribution is -2.51. The van der Waals surface area contributed by atoms with E-state index in [0.29, 0.717) is 12.1 Å². The Morgan fingerprint density at radius 3 is 2.88 bits per heavy atom. The first-order valence-electron chi connectivity index (χ1n) is 7.47. The summed E-state index contributed by atoms with van der Waals surface area (Å²) in [4.78, 5) is 13.7. The molecule has 0 unspecified atom stereocenters. The molecule has 1 aliphatic heterocycles. The Labute approximate surface area is 136 Å². The summed E-state index contributed by atoms with van der Waals surface area (Å²) in [6.45, 7) is 0.0335. The number of rotatable bonds is 3. The second kappa shape index (κ2) is 6.64. The van der Waals surface area contributed by atoms with E-state index in [2.05, 4.69) is 5.10 Å². The molecular weight excluding hydrogens is 323 g/mol. The molecule has 5 nitrogen and oxygen atoms in total. The topological polar surface area (TPSA) is 47.4 Å². The summed E-state index contributed by atoms with van der Waals surface area (Å²) in [6.07, 6.45) is -2.95. The first-order chi connectivity index (χ1) is 11.4. The van der Waals surface area contributed by atoms with Gasteiger partial charge in [-0.25, -0.2) is 0 Å². The molecule has 2 heterocycles. The van der Waals surface area contributed by atoms with Gasteiger partial charge in [0.05, 0.1) is 19.7 Å². The lowest BCUT2D eigenvalue weighted by molar-refractivity contribution is -0.233. The highest BCUT2D eigenvalue weighted by atomic mass is 19.4. The molecule has 2 aromatic rings. The number of nitrogens with zero attached hydrogens (tertiary/aromatic N) is 3. The number of alkyl halides is 3. The van der Waals surface area contributed by atoms with Gasteiger partial charge < -0.3 is 9.64 Å². The van der Waals surface area contributed by atoms with Crippen LogP contribution in [0.15, 0.2) is 42.7 Å². The highest BCUT2D eigenvalue weighted by molar-refractivity contribution is 5.94. The van der Waals surface area contributed by atoms with E-state index in [1.54, 1.807) is 41.3 Å². The predicted molar refractivity (Wildman–Crippen MR) is 79.5 cm³/mol. The van der Waals surface area contributed by atoms with Gasteiger partial charge in [-0.2, -0.15) is 18.3 Å². The van der Waals surface area contributed by atoms with Gasteiger partial charge in [0.25, 0.3) is 5.91 Å². The molecule has 0 spiro atoms. The lowest BCUT2D eigenvalue weighted by atomic mass is 10.1. The molecule has 8 heteroatoms. The van der Waals surface area contributed by atoms with Gasteiger partial charge in [0.1, 0.15) is 0 Å². The van der Waals surface area contributed by atoms with Crippen molar-refractivity contribution in [3.05, 3.63) is 53.9 Å². The summed E-state index contributed by atoms with van der Waals surface area (Å²) < 4.78 is 44.8. The molecular formula is C16H16F3N3O2. The monoisotopic (exact) mass is 339 g/mol. The molecule has 0 saturated carbocycles. The molecule has 1 atom stereocenters. The molecule has 1 aliphatic rings. The molecule has 3 rings (SSSR count). The maximum Gasteiger partial charge on any atom is 0.416 e. The minimum Gasteiger partial charge on any atom is -0.365 e. The number of aromatic nitrogens is 2. The predicted octanol–water partition coefficient (Wildman–Crippen LogP) is 2.33. The van der Waals surface area contributed by atoms with Gasteiger partial charge in [-0.3, -0.25) is 9.48 Å². The van der Waals surface area contributed by atoms with Gasteiger partial charge in [0.15, 0.2) is 6.10 Å². The van der Waals surface area contributed by atoms with E-state index < -0.39 is 24.7 Å². The zero-order valence-corrected chi connectivity index (χ0v) is 12.7. The third-order valence-corrected chi connectivity index (χ3v) is 3.80. The fourth-order valence-electron chi connectivity index (χ4n) is 2.60. The van der Waals surface area contributed by atoms with Crippen LogP contribution in [0.1, 0.15) is 15.9 Å². The number of hydrogen-bond acceptors (Lipinski definition) is 3. The Balaban J connectivity index is 1.72. The second-order valence-corrected chi connectivity index (χ2v) is 5.56. The van der Waals surface area contributed by atoms with Crippen LogP contribution < -0.4 is 0 Å². The van der Waals surface area contributed by atoms with Crippen LogP contribution in [0.4, 0.5) is 13.2 Å². The Kier molecular flexibility index (Phi) is 4.57. The number of carbonyl (C=O) groups excluding carboxylic acids is 1. The molecule has 1 aromatic heterocycles. The molecule has 0 radical (unpaired) electrons. The molecule has 0 N–H and O–H groups in total. The van der Waals surface area contributed by atoms with Crippen molar-refractivity contribution in [3.8, 4) is 0 Å². The number of morpholine rings is 1. The van der Waals surface area contributed by atoms with Gasteiger partial charge >= 0.3 is 6.18 Å². The van der Waals surface area contributed by atoms with Crippen molar-refractivity contribution in [2.45, 2.75) is 18.8 Å². The van der Waals surface area contributed by atoms with Crippen molar-refractivity contribution in [2.24, 2.45) is 0 Å². The Hall–Kier alpha value is -2.35. The number of ether oxygens (including phenoxy) is 1. The minimum atomic E-state index is -4.47. The summed E-state index contributed by atoms with van der Waals surface area (Å²) >= 11 is 0. The van der Waals surface area contributed by atoms with Gasteiger partial charge in [-0.05, 0) is 23.8 Å². The first kappa shape index (κ1) is 16.5. The fourth-order valence-corrected chi connectivity index (χ4v) is 2.60. The van der Waals surface area contributed by atoms with E-state index in [0.717, 1.165) is 5.56 Å². The van der Waals surface area contributed by atoms with E-state index in [-0.39, 0.29) is 13.2 Å². The van der Waals surface area contributed by atoms with Crippen LogP contribution in [0.5, 0.6) is 0 Å². The van der Waals surface area contributed by atoms with Crippen LogP contribution >= 0.6 is 0 Å². The Morgan fingerprint density at radius 2 is 2.17 bits per heavy atom. The van der Waals surface area contributed by atoms with Crippen molar-refractivity contribution < 1.29 is 22.7 Å². The van der Waals surface area contributed by atoms with E-state index >= 15 is 0 Å². The van der Waals surface area contributed by atoms with Gasteiger partial charge in [0, 0.05) is 24.5 Å². The third kappa shape index (κ3) is 3.76. The van der Waals surface area contributed by atoms with Crippen molar-refractivity contribution >= 4 is 5.91 Å². The number of carbonyl (C=O) groups is 1. The molecule has 0 bridgehead atoms. The highest BCUT2D eigenvalue weighted by Gasteiger charge is 2.44. The molecule has 1 amide bonds. The van der Waals surface area contributed by atoms with Crippen molar-refractivity contribution in [2.75, 3.05) is 19.7 Å². The van der Waals surface area contributed by atoms with Crippen LogP contribution in [0, 0.1) is 0 Å². The molecule has 1 saturated heterocycles. The van der Waals surface area contributed by atoms with Crippen LogP contribution in [0.25, 0.3) is 0 Å². The summed E-state index contributed by atoms with van der Waals surface area (Å²) in [5, 5.41) is 4.09. The zero-order chi connectivity index (χ0) is 17.2. The normalized spacial score (nSPS) is 18.6. The average Bonchev–Trinajstić information content (AvgIpc) is 3.07. The van der Waals surface area contributed by atoms with Crippen molar-refractivity contribution in [1.29, 1.82) is 0 Å². The quantitative estimate of drug-likeness (QED) is 0.862. The van der Waals surface area contributed by atoms with E-state index in [1.807, 2.05) is 6.07 Å². The summed E-state index contributed by atoms with van der Waals surface area (Å²) in [6, 6.07) is 8.64. The summed E-state index contributed by atoms with van der Waals surface area (Å²) in [7, 11) is 0. The largest absolute Gasteiger partial charge is 0.416 e. The second-order valence-electron chi connectivity index (χ2n) is 5.56. The third-order valence-electron chi connectivity index (χ3n) is 3.80. The van der Waals surface area contributed by atoms with Crippen molar-refractivity contribution in [3.63, 3.8) is 0 Å². The molecule has 24 heavy (non-hydrogen) atoms. The average molecular weight is 339 g/mol. The minimum absolute atomic E-state index is 0.122. The number of halogens is 3. The lowest BCUT2D eigenvalue weighted by Gasteiger charge is -2.33. The van der Waals surface area contributed by atoms with Gasteiger partial charge in [0.2, 0.25) is 0 Å². The standard InChI is InChI=1S/C16H16F3N3O2/c17-16(18,19)14-11-21(7-8-24-14)15(23)13-4-1-3-12(9-13)10-22-6-2-5-20-22/h1-6,9,14H,7-8,10-11H2/t14-/m0/s1. The maximum atomic E-state index is 12.8. The first-order valence-corrected chi connectivity index (χ1v) is 7.47. The zero-order valence-electron chi connectivity index (χ0n) is 12.7. The van der Waals surface area contributed by atoms with Crippen LogP contribution in [-0.4, -0.2) is 52.6 Å². The van der Waals surface area contributed by atoms with Gasteiger partial charge in [-0.1, -0.05) is 12.1 Å². The number of hydrogen-bond donors (Lipinski definition) is 0. The number of amides is 1. The highest BCUT2D eigenvalue weighted by Crippen LogP contribution is 2.26. The van der Waals surface area contributed by atoms with E-state index in [9.17, 15) is 18.0 Å². The molecule has 0 aliphatic carbocycles. The smallest absolute Gasteiger partial charge is 0.365 e.